The summed E-state index contributed by atoms with van der Waals surface area (Å²) in [7, 11) is 0. The molecular weight excluding hydrogens is 292 g/mol. The lowest BCUT2D eigenvalue weighted by Gasteiger charge is -2.50. The Balaban J connectivity index is 1.49. The van der Waals surface area contributed by atoms with Gasteiger partial charge in [0.15, 0.2) is 0 Å². The van der Waals surface area contributed by atoms with Crippen molar-refractivity contribution in [2.75, 3.05) is 19.6 Å². The molecule has 3 nitrogen and oxygen atoms in total. The van der Waals surface area contributed by atoms with Gasteiger partial charge in [-0.25, -0.2) is 4.98 Å². The van der Waals surface area contributed by atoms with Crippen molar-refractivity contribution in [3.8, 4) is 16.3 Å². The Bertz CT molecular complexity index is 732. The van der Waals surface area contributed by atoms with Crippen molar-refractivity contribution in [1.29, 1.82) is 0 Å². The normalized spacial score (nSPS) is 32.2. The molecule has 0 N–H and O–H groups in total. The number of aromatic nitrogens is 1. The van der Waals surface area contributed by atoms with E-state index < -0.39 is 0 Å². The molecule has 1 atom stereocenters. The summed E-state index contributed by atoms with van der Waals surface area (Å²) in [5.74, 6) is 1.59. The third-order valence-corrected chi connectivity index (χ3v) is 6.61. The van der Waals surface area contributed by atoms with Crippen LogP contribution in [0.25, 0.3) is 10.4 Å². The van der Waals surface area contributed by atoms with Crippen LogP contribution in [0.15, 0.2) is 24.4 Å². The molecule has 4 aliphatic rings. The highest BCUT2D eigenvalue weighted by Crippen LogP contribution is 2.46. The minimum absolute atomic E-state index is 0.00975. The van der Waals surface area contributed by atoms with Gasteiger partial charge in [-0.3, -0.25) is 4.90 Å². The van der Waals surface area contributed by atoms with Crippen LogP contribution in [0, 0.1) is 12.8 Å². The molecule has 0 radical (unpaired) electrons. The molecule has 2 aromatic rings. The summed E-state index contributed by atoms with van der Waals surface area (Å²) < 4.78 is 6.42. The molecule has 0 unspecified atom stereocenters. The molecule has 0 amide bonds. The van der Waals surface area contributed by atoms with Gasteiger partial charge in [0.1, 0.15) is 5.60 Å². The van der Waals surface area contributed by atoms with Gasteiger partial charge in [0.25, 0.3) is 0 Å². The van der Waals surface area contributed by atoms with Gasteiger partial charge < -0.3 is 4.74 Å². The first-order chi connectivity index (χ1) is 10.7. The lowest BCUT2D eigenvalue weighted by molar-refractivity contribution is -0.0814. The molecule has 2 aromatic heterocycles. The Morgan fingerprint density at radius 2 is 2.18 bits per heavy atom. The highest BCUT2D eigenvalue weighted by Gasteiger charge is 2.52. The summed E-state index contributed by atoms with van der Waals surface area (Å²) in [6.45, 7) is 5.74. The number of ether oxygens (including phenoxy) is 1. The maximum Gasteiger partial charge on any atom is 0.217 e. The van der Waals surface area contributed by atoms with Crippen molar-refractivity contribution in [2.24, 2.45) is 5.92 Å². The fourth-order valence-electron chi connectivity index (χ4n) is 4.43. The Morgan fingerprint density at radius 1 is 1.32 bits per heavy atom. The zero-order chi connectivity index (χ0) is 14.7. The molecule has 0 aliphatic carbocycles. The van der Waals surface area contributed by atoms with Crippen LogP contribution in [0.2, 0.25) is 0 Å². The second kappa shape index (κ2) is 4.56. The number of piperidine rings is 3. The average Bonchev–Trinajstić information content (AvgIpc) is 3.11. The summed E-state index contributed by atoms with van der Waals surface area (Å²) >= 11 is 1.84. The second-order valence-electron chi connectivity index (χ2n) is 6.99. The van der Waals surface area contributed by atoms with Crippen LogP contribution in [0.3, 0.4) is 0 Å². The first kappa shape index (κ1) is 13.1. The van der Waals surface area contributed by atoms with Crippen molar-refractivity contribution in [3.63, 3.8) is 0 Å². The van der Waals surface area contributed by atoms with E-state index in [4.69, 9.17) is 4.74 Å². The summed E-state index contributed by atoms with van der Waals surface area (Å²) in [6.07, 6.45) is 5.58. The van der Waals surface area contributed by atoms with Gasteiger partial charge in [0.2, 0.25) is 5.88 Å². The third kappa shape index (κ3) is 1.87. The van der Waals surface area contributed by atoms with Gasteiger partial charge in [0, 0.05) is 46.0 Å². The van der Waals surface area contributed by atoms with Gasteiger partial charge in [0.05, 0.1) is 0 Å². The van der Waals surface area contributed by atoms with E-state index in [2.05, 4.69) is 35.0 Å². The number of pyridine rings is 1. The van der Waals surface area contributed by atoms with Crippen LogP contribution >= 0.6 is 11.3 Å². The van der Waals surface area contributed by atoms with E-state index in [1.807, 2.05) is 17.5 Å². The van der Waals surface area contributed by atoms with Crippen molar-refractivity contribution in [2.45, 2.75) is 31.8 Å². The van der Waals surface area contributed by atoms with E-state index in [0.29, 0.717) is 5.92 Å². The predicted molar refractivity (Wildman–Crippen MR) is 88.5 cm³/mol. The highest BCUT2D eigenvalue weighted by atomic mass is 32.1. The van der Waals surface area contributed by atoms with Gasteiger partial charge >= 0.3 is 0 Å². The molecule has 22 heavy (non-hydrogen) atoms. The van der Waals surface area contributed by atoms with Crippen molar-refractivity contribution in [3.05, 3.63) is 34.8 Å². The van der Waals surface area contributed by atoms with Crippen LogP contribution in [0.5, 0.6) is 5.88 Å². The van der Waals surface area contributed by atoms with Gasteiger partial charge in [-0.05, 0) is 51.1 Å². The fraction of sp³-hybridized carbons (Fsp3) is 0.500. The van der Waals surface area contributed by atoms with Gasteiger partial charge in [-0.2, -0.15) is 0 Å². The molecule has 0 aromatic carbocycles. The Hall–Kier alpha value is -1.39. The Labute approximate surface area is 134 Å². The van der Waals surface area contributed by atoms with E-state index in [1.54, 1.807) is 0 Å². The number of aryl methyl sites for hydroxylation is 1. The molecular formula is C18H20N2OS. The summed E-state index contributed by atoms with van der Waals surface area (Å²) in [5, 5.41) is 0. The zero-order valence-electron chi connectivity index (χ0n) is 12.8. The quantitative estimate of drug-likeness (QED) is 0.805. The molecule has 6 rings (SSSR count). The first-order valence-electron chi connectivity index (χ1n) is 8.19. The lowest BCUT2D eigenvalue weighted by Crippen LogP contribution is -2.61. The van der Waals surface area contributed by atoms with Crippen LogP contribution in [0.1, 0.15) is 23.3 Å². The van der Waals surface area contributed by atoms with E-state index in [-0.39, 0.29) is 5.60 Å². The smallest absolute Gasteiger partial charge is 0.217 e. The van der Waals surface area contributed by atoms with Crippen molar-refractivity contribution >= 4 is 11.3 Å². The number of rotatable bonds is 1. The summed E-state index contributed by atoms with van der Waals surface area (Å²) in [4.78, 5) is 9.86. The molecule has 1 spiro atoms. The van der Waals surface area contributed by atoms with Crippen molar-refractivity contribution in [1.82, 2.24) is 9.88 Å². The summed E-state index contributed by atoms with van der Waals surface area (Å²) in [5.41, 5.74) is 2.55. The predicted octanol–water partition coefficient (Wildman–Crippen LogP) is 3.52. The Morgan fingerprint density at radius 3 is 2.86 bits per heavy atom. The molecule has 4 aliphatic heterocycles. The number of nitrogens with zero attached hydrogens (tertiary/aromatic N) is 2. The maximum absolute atomic E-state index is 6.42. The topological polar surface area (TPSA) is 25.4 Å². The molecule has 0 saturated carbocycles. The SMILES string of the molecule is Cc1ccc(-c2cnc3c(c2)C[C@@]2(CN4CCC2CC4)O3)s1. The molecule has 114 valence electrons. The molecule has 4 heteroatoms. The maximum atomic E-state index is 6.42. The van der Waals surface area contributed by atoms with E-state index in [9.17, 15) is 0 Å². The third-order valence-electron chi connectivity index (χ3n) is 5.56. The average molecular weight is 312 g/mol. The largest absolute Gasteiger partial charge is 0.469 e. The molecule has 6 heterocycles. The standard InChI is InChI=1S/C18H20N2OS/c1-12-2-3-16(22-12)14-8-13-9-18(21-17(13)19-10-14)11-20-6-4-15(18)5-7-20/h2-3,8,10,15H,4-7,9,11H2,1H3/t18-/m0/s1. The van der Waals surface area contributed by atoms with Gasteiger partial charge in [-0.15, -0.1) is 11.3 Å². The minimum atomic E-state index is 0.00975. The van der Waals surface area contributed by atoms with Gasteiger partial charge in [-0.1, -0.05) is 0 Å². The van der Waals surface area contributed by atoms with Crippen molar-refractivity contribution < 1.29 is 4.74 Å². The number of hydrogen-bond donors (Lipinski definition) is 0. The number of thiophene rings is 1. The van der Waals surface area contributed by atoms with E-state index in [0.717, 1.165) is 18.8 Å². The first-order valence-corrected chi connectivity index (χ1v) is 9.01. The second-order valence-corrected chi connectivity index (χ2v) is 8.28. The Kier molecular flexibility index (Phi) is 2.71. The van der Waals surface area contributed by atoms with E-state index in [1.165, 1.54) is 46.8 Å². The molecule has 2 bridgehead atoms. The number of fused-ring (bicyclic) bond motifs is 3. The molecule has 3 fully saturated rings. The van der Waals surface area contributed by atoms with E-state index >= 15 is 0 Å². The fourth-order valence-corrected chi connectivity index (χ4v) is 5.28. The number of hydrogen-bond acceptors (Lipinski definition) is 4. The monoisotopic (exact) mass is 312 g/mol. The van der Waals surface area contributed by atoms with Crippen LogP contribution in [-0.4, -0.2) is 35.1 Å². The lowest BCUT2D eigenvalue weighted by atomic mass is 9.73. The summed E-state index contributed by atoms with van der Waals surface area (Å²) in [6, 6.07) is 6.68. The highest BCUT2D eigenvalue weighted by molar-refractivity contribution is 7.15. The minimum Gasteiger partial charge on any atom is -0.469 e. The van der Waals surface area contributed by atoms with Crippen LogP contribution in [0.4, 0.5) is 0 Å². The zero-order valence-corrected chi connectivity index (χ0v) is 13.7. The molecule has 3 saturated heterocycles. The van der Waals surface area contributed by atoms with Crippen LogP contribution < -0.4 is 4.74 Å². The van der Waals surface area contributed by atoms with Crippen LogP contribution in [-0.2, 0) is 6.42 Å².